The number of hydrogen-bond donors (Lipinski definition) is 0. The first-order valence-corrected chi connectivity index (χ1v) is 12.9. The molecule has 0 aliphatic carbocycles. The van der Waals surface area contributed by atoms with Gasteiger partial charge in [0, 0.05) is 33.4 Å². The summed E-state index contributed by atoms with van der Waals surface area (Å²) in [5, 5.41) is 0. The predicted octanol–water partition coefficient (Wildman–Crippen LogP) is 8.60. The molecule has 36 heavy (non-hydrogen) atoms. The van der Waals surface area contributed by atoms with E-state index in [0.29, 0.717) is 0 Å². The summed E-state index contributed by atoms with van der Waals surface area (Å²) in [4.78, 5) is 2.55. The highest BCUT2D eigenvalue weighted by atomic mass is 16.5. The van der Waals surface area contributed by atoms with E-state index in [9.17, 15) is 0 Å². The number of fused-ring (bicyclic) bond motifs is 13. The molecule has 4 aromatic carbocycles. The molecule has 2 unspecified atom stereocenters. The van der Waals surface area contributed by atoms with Gasteiger partial charge in [-0.15, -0.1) is 0 Å². The smallest absolute Gasteiger partial charge is 0.103 e. The van der Waals surface area contributed by atoms with Gasteiger partial charge in [0.1, 0.15) is 12.2 Å². The first kappa shape index (κ1) is 20.3. The van der Waals surface area contributed by atoms with Gasteiger partial charge in [-0.05, 0) is 79.3 Å². The lowest BCUT2D eigenvalue weighted by atomic mass is 9.85. The van der Waals surface area contributed by atoms with E-state index in [4.69, 9.17) is 4.74 Å². The van der Waals surface area contributed by atoms with Gasteiger partial charge in [-0.25, -0.2) is 0 Å². The third kappa shape index (κ3) is 2.45. The fraction of sp³-hybridized carbons (Fsp3) is 0.176. The third-order valence-corrected chi connectivity index (χ3v) is 8.67. The van der Waals surface area contributed by atoms with Crippen LogP contribution in [0.4, 0.5) is 17.1 Å². The molecule has 4 aromatic rings. The van der Waals surface area contributed by atoms with Gasteiger partial charge in [0.25, 0.3) is 0 Å². The summed E-state index contributed by atoms with van der Waals surface area (Å²) in [6.45, 7) is 8.91. The molecule has 4 aliphatic rings. The number of benzene rings is 4. The normalized spacial score (nSPS) is 19.8. The first-order valence-electron chi connectivity index (χ1n) is 12.9. The summed E-state index contributed by atoms with van der Waals surface area (Å²) in [5.74, 6) is 0. The number of hydrogen-bond acceptors (Lipinski definition) is 2. The lowest BCUT2D eigenvalue weighted by Gasteiger charge is -2.30. The zero-order valence-electron chi connectivity index (χ0n) is 21.0. The van der Waals surface area contributed by atoms with Crippen LogP contribution in [0.5, 0.6) is 0 Å². The molecule has 2 atom stereocenters. The van der Waals surface area contributed by atoms with E-state index in [1.807, 2.05) is 0 Å². The summed E-state index contributed by atoms with van der Waals surface area (Å²) in [5.41, 5.74) is 19.4. The molecule has 0 amide bonds. The van der Waals surface area contributed by atoms with Crippen LogP contribution < -0.4 is 4.90 Å². The van der Waals surface area contributed by atoms with Gasteiger partial charge < -0.3 is 9.64 Å². The average Bonchev–Trinajstić information content (AvgIpc) is 3.44. The highest BCUT2D eigenvalue weighted by Gasteiger charge is 2.43. The molecule has 2 nitrogen and oxygen atoms in total. The molecule has 8 rings (SSSR count). The van der Waals surface area contributed by atoms with E-state index in [1.54, 1.807) is 0 Å². The topological polar surface area (TPSA) is 12.5 Å². The predicted molar refractivity (Wildman–Crippen MR) is 149 cm³/mol. The lowest BCUT2D eigenvalue weighted by molar-refractivity contribution is 0.143. The van der Waals surface area contributed by atoms with Crippen molar-refractivity contribution in [1.82, 2.24) is 0 Å². The second-order valence-corrected chi connectivity index (χ2v) is 10.7. The van der Waals surface area contributed by atoms with E-state index < -0.39 is 0 Å². The van der Waals surface area contributed by atoms with Gasteiger partial charge in [0.15, 0.2) is 0 Å². The van der Waals surface area contributed by atoms with Crippen LogP contribution in [0.2, 0.25) is 0 Å². The van der Waals surface area contributed by atoms with Crippen molar-refractivity contribution in [2.24, 2.45) is 0 Å². The molecular weight excluding hydrogens is 438 g/mol. The molecule has 4 heterocycles. The van der Waals surface area contributed by atoms with Crippen LogP contribution in [0, 0.1) is 27.7 Å². The van der Waals surface area contributed by atoms with E-state index in [1.165, 1.54) is 83.8 Å². The Morgan fingerprint density at radius 1 is 0.528 bits per heavy atom. The minimum absolute atomic E-state index is 0.00575. The summed E-state index contributed by atoms with van der Waals surface area (Å²) < 4.78 is 6.45. The van der Waals surface area contributed by atoms with Gasteiger partial charge in [-0.3, -0.25) is 0 Å². The molecule has 0 radical (unpaired) electrons. The van der Waals surface area contributed by atoms with Crippen molar-refractivity contribution in [3.8, 4) is 22.3 Å². The second kappa shape index (κ2) is 6.87. The standard InChI is InChI=1S/C34H27NO/c1-18-14-25-22-9-7-10-24-33-31-13-12-30(36-31)32(33)23-8-5-6-11-28(23)35(34(22)24)29-17-21(4)20(3)16-27(29)26(25)15-19(18)2/h5-17,30-31H,1-4H3. The van der Waals surface area contributed by atoms with Crippen LogP contribution in [0.1, 0.15) is 33.4 Å². The van der Waals surface area contributed by atoms with Crippen molar-refractivity contribution in [2.45, 2.75) is 39.9 Å². The molecule has 2 heteroatoms. The zero-order chi connectivity index (χ0) is 24.3. The molecule has 174 valence electrons. The third-order valence-electron chi connectivity index (χ3n) is 8.67. The van der Waals surface area contributed by atoms with Crippen LogP contribution in [0.3, 0.4) is 0 Å². The fourth-order valence-corrected chi connectivity index (χ4v) is 6.63. The van der Waals surface area contributed by atoms with Crippen LogP contribution in [0.15, 0.2) is 78.9 Å². The van der Waals surface area contributed by atoms with Crippen molar-refractivity contribution in [1.29, 1.82) is 0 Å². The molecule has 0 saturated carbocycles. The van der Waals surface area contributed by atoms with E-state index in [2.05, 4.69) is 111 Å². The Bertz CT molecular complexity index is 1720. The quantitative estimate of drug-likeness (QED) is 0.212. The Kier molecular flexibility index (Phi) is 3.88. The first-order chi connectivity index (χ1) is 17.5. The summed E-state index contributed by atoms with van der Waals surface area (Å²) in [7, 11) is 0. The van der Waals surface area contributed by atoms with Crippen molar-refractivity contribution < 1.29 is 4.74 Å². The Morgan fingerprint density at radius 2 is 1.08 bits per heavy atom. The van der Waals surface area contributed by atoms with Crippen molar-refractivity contribution in [3.05, 3.63) is 112 Å². The number of anilines is 3. The van der Waals surface area contributed by atoms with Crippen LogP contribution in [-0.4, -0.2) is 12.2 Å². The highest BCUT2D eigenvalue weighted by molar-refractivity contribution is 6.14. The van der Waals surface area contributed by atoms with Gasteiger partial charge in [-0.1, -0.05) is 60.7 Å². The van der Waals surface area contributed by atoms with Crippen molar-refractivity contribution in [3.63, 3.8) is 0 Å². The van der Waals surface area contributed by atoms with Crippen LogP contribution in [0.25, 0.3) is 33.4 Å². The number of aryl methyl sites for hydroxylation is 4. The van der Waals surface area contributed by atoms with E-state index >= 15 is 0 Å². The lowest BCUT2D eigenvalue weighted by Crippen LogP contribution is -2.15. The van der Waals surface area contributed by atoms with E-state index in [-0.39, 0.29) is 12.2 Å². The Hall–Kier alpha value is -3.88. The Morgan fingerprint density at radius 3 is 1.83 bits per heavy atom. The Labute approximate surface area is 212 Å². The van der Waals surface area contributed by atoms with Crippen molar-refractivity contribution in [2.75, 3.05) is 4.90 Å². The summed E-state index contributed by atoms with van der Waals surface area (Å²) in [6.07, 6.45) is 4.49. The SMILES string of the molecule is Cc1cc2c(cc1C)-c1cccc3c1N(c1ccccc1C1=C3C3C=CC1O3)c1cc(C)c(C)cc1-2. The molecule has 0 aromatic heterocycles. The van der Waals surface area contributed by atoms with Gasteiger partial charge in [0.05, 0.1) is 17.1 Å². The van der Waals surface area contributed by atoms with E-state index in [0.717, 1.165) is 0 Å². The maximum absolute atomic E-state index is 6.45. The summed E-state index contributed by atoms with van der Waals surface area (Å²) in [6, 6.07) is 25.3. The molecule has 4 aliphatic heterocycles. The van der Waals surface area contributed by atoms with Crippen LogP contribution >= 0.6 is 0 Å². The minimum atomic E-state index is 0.00575. The molecule has 0 spiro atoms. The maximum atomic E-state index is 6.45. The van der Waals surface area contributed by atoms with Gasteiger partial charge >= 0.3 is 0 Å². The molecule has 2 bridgehead atoms. The summed E-state index contributed by atoms with van der Waals surface area (Å²) >= 11 is 0. The average molecular weight is 466 g/mol. The minimum Gasteiger partial charge on any atom is -0.357 e. The number of ether oxygens (including phenoxy) is 1. The Balaban J connectivity index is 1.60. The second-order valence-electron chi connectivity index (χ2n) is 10.7. The number of nitrogens with zero attached hydrogens (tertiary/aromatic N) is 1. The fourth-order valence-electron chi connectivity index (χ4n) is 6.63. The van der Waals surface area contributed by atoms with Crippen molar-refractivity contribution >= 4 is 28.2 Å². The largest absolute Gasteiger partial charge is 0.357 e. The monoisotopic (exact) mass is 465 g/mol. The maximum Gasteiger partial charge on any atom is 0.103 e. The molecule has 0 saturated heterocycles. The highest BCUT2D eigenvalue weighted by Crippen LogP contribution is 2.60. The number of rotatable bonds is 0. The number of para-hydroxylation sites is 2. The molecule has 0 fully saturated rings. The van der Waals surface area contributed by atoms with Crippen LogP contribution in [-0.2, 0) is 4.74 Å². The van der Waals surface area contributed by atoms with Gasteiger partial charge in [0.2, 0.25) is 0 Å². The molecular formula is C34H27NO. The van der Waals surface area contributed by atoms with Gasteiger partial charge in [-0.2, -0.15) is 0 Å². The zero-order valence-corrected chi connectivity index (χ0v) is 21.0. The molecule has 0 N–H and O–H groups in total.